The van der Waals surface area contributed by atoms with Crippen LogP contribution in [0, 0.1) is 5.92 Å². The van der Waals surface area contributed by atoms with Gasteiger partial charge in [0, 0.05) is 12.7 Å². The van der Waals surface area contributed by atoms with Gasteiger partial charge in [0.25, 0.3) is 5.72 Å². The summed E-state index contributed by atoms with van der Waals surface area (Å²) < 4.78 is 15.6. The summed E-state index contributed by atoms with van der Waals surface area (Å²) in [5, 5.41) is 5.20. The quantitative estimate of drug-likeness (QED) is 0.570. The molecule has 1 aliphatic rings. The second-order valence-corrected chi connectivity index (χ2v) is 6.49. The number of hydrogen-bond donors (Lipinski definition) is 2. The van der Waals surface area contributed by atoms with Crippen molar-refractivity contribution in [2.24, 2.45) is 5.92 Å². The monoisotopic (exact) mass is 398 g/mol. The molecule has 1 saturated heterocycles. The topological polar surface area (TPSA) is 103 Å². The summed E-state index contributed by atoms with van der Waals surface area (Å²) in [7, 11) is 3.93. The number of carbonyl (C=O) groups is 3. The van der Waals surface area contributed by atoms with Crippen LogP contribution in [0.3, 0.4) is 0 Å². The normalized spacial score (nSPS) is 23.5. The van der Waals surface area contributed by atoms with Gasteiger partial charge in [0.05, 0.1) is 20.3 Å². The van der Waals surface area contributed by atoms with Crippen LogP contribution in [0.5, 0.6) is 5.75 Å². The van der Waals surface area contributed by atoms with Crippen LogP contribution in [0.25, 0.3) is 0 Å². The van der Waals surface area contributed by atoms with E-state index in [1.807, 2.05) is 0 Å². The van der Waals surface area contributed by atoms with E-state index >= 15 is 0 Å². The van der Waals surface area contributed by atoms with Crippen LogP contribution in [0.4, 0.5) is 4.79 Å². The molecular formula is C21H22N2O6. The Kier molecular flexibility index (Phi) is 5.84. The molecule has 3 unspecified atom stereocenters. The third kappa shape index (κ3) is 3.66. The molecule has 3 atom stereocenters. The van der Waals surface area contributed by atoms with Crippen molar-refractivity contribution in [3.05, 3.63) is 65.7 Å². The lowest BCUT2D eigenvalue weighted by atomic mass is 9.77. The standard InChI is InChI=1S/C21H22N2O6/c1-27-15-11-7-10-14(12-15)17-16(18(24)13-8-5-4-6-9-13)21(29-3,19(25)28-2)23-20(26)22-17/h4-12,16-17H,1-3H3,(H2,22,23,26). The largest absolute Gasteiger partial charge is 0.497 e. The maximum absolute atomic E-state index is 13.5. The molecule has 2 aromatic rings. The lowest BCUT2D eigenvalue weighted by molar-refractivity contribution is -0.178. The number of ketones is 1. The minimum Gasteiger partial charge on any atom is -0.497 e. The van der Waals surface area contributed by atoms with Gasteiger partial charge in [0.15, 0.2) is 5.78 Å². The number of hydrogen-bond acceptors (Lipinski definition) is 6. The SMILES string of the molecule is COC(=O)C1(OC)NC(=O)NC(c2cccc(OC)c2)C1C(=O)c1ccccc1. The van der Waals surface area contributed by atoms with Crippen molar-refractivity contribution in [2.45, 2.75) is 11.8 Å². The Balaban J connectivity index is 2.19. The van der Waals surface area contributed by atoms with Gasteiger partial charge in [-0.15, -0.1) is 0 Å². The molecule has 0 saturated carbocycles. The van der Waals surface area contributed by atoms with E-state index < -0.39 is 35.5 Å². The molecule has 8 heteroatoms. The predicted molar refractivity (Wildman–Crippen MR) is 103 cm³/mol. The molecule has 29 heavy (non-hydrogen) atoms. The molecule has 152 valence electrons. The van der Waals surface area contributed by atoms with Gasteiger partial charge in [0.2, 0.25) is 0 Å². The second kappa shape index (κ2) is 8.32. The fourth-order valence-electron chi connectivity index (χ4n) is 3.56. The maximum Gasteiger partial charge on any atom is 0.360 e. The van der Waals surface area contributed by atoms with E-state index in [0.717, 1.165) is 0 Å². The first kappa shape index (κ1) is 20.3. The Labute approximate surface area is 168 Å². The first-order valence-corrected chi connectivity index (χ1v) is 8.92. The third-order valence-corrected chi connectivity index (χ3v) is 4.96. The Morgan fingerprint density at radius 1 is 1.00 bits per heavy atom. The van der Waals surface area contributed by atoms with Gasteiger partial charge in [-0.05, 0) is 17.7 Å². The highest BCUT2D eigenvalue weighted by Crippen LogP contribution is 2.38. The number of nitrogens with one attached hydrogen (secondary N) is 2. The van der Waals surface area contributed by atoms with Crippen molar-refractivity contribution in [1.82, 2.24) is 10.6 Å². The summed E-state index contributed by atoms with van der Waals surface area (Å²) in [5.74, 6) is -1.87. The lowest BCUT2D eigenvalue weighted by Gasteiger charge is -2.44. The molecular weight excluding hydrogens is 376 g/mol. The van der Waals surface area contributed by atoms with Crippen LogP contribution >= 0.6 is 0 Å². The molecule has 1 aliphatic heterocycles. The first-order valence-electron chi connectivity index (χ1n) is 8.92. The zero-order chi connectivity index (χ0) is 21.0. The van der Waals surface area contributed by atoms with Crippen molar-refractivity contribution in [3.63, 3.8) is 0 Å². The van der Waals surface area contributed by atoms with Crippen molar-refractivity contribution >= 4 is 17.8 Å². The van der Waals surface area contributed by atoms with E-state index in [1.54, 1.807) is 54.6 Å². The number of urea groups is 1. The van der Waals surface area contributed by atoms with Crippen LogP contribution in [0.2, 0.25) is 0 Å². The van der Waals surface area contributed by atoms with Crippen LogP contribution < -0.4 is 15.4 Å². The van der Waals surface area contributed by atoms with Gasteiger partial charge in [-0.25, -0.2) is 9.59 Å². The van der Waals surface area contributed by atoms with E-state index in [0.29, 0.717) is 16.9 Å². The molecule has 1 heterocycles. The van der Waals surface area contributed by atoms with Gasteiger partial charge in [0.1, 0.15) is 11.7 Å². The molecule has 8 nitrogen and oxygen atoms in total. The van der Waals surface area contributed by atoms with Crippen LogP contribution in [0.15, 0.2) is 54.6 Å². The summed E-state index contributed by atoms with van der Waals surface area (Å²) in [6, 6.07) is 13.9. The number of benzene rings is 2. The number of esters is 1. The minimum absolute atomic E-state index is 0.369. The zero-order valence-corrected chi connectivity index (χ0v) is 16.3. The van der Waals surface area contributed by atoms with Crippen molar-refractivity contribution in [2.75, 3.05) is 21.3 Å². The average molecular weight is 398 g/mol. The van der Waals surface area contributed by atoms with Gasteiger partial charge in [-0.2, -0.15) is 0 Å². The van der Waals surface area contributed by atoms with Crippen molar-refractivity contribution in [3.8, 4) is 5.75 Å². The molecule has 1 fully saturated rings. The Bertz CT molecular complexity index is 916. The minimum atomic E-state index is -2.00. The number of carbonyl (C=O) groups excluding carboxylic acids is 3. The molecule has 0 spiro atoms. The Hall–Kier alpha value is -3.39. The molecule has 3 rings (SSSR count). The van der Waals surface area contributed by atoms with E-state index in [9.17, 15) is 14.4 Å². The van der Waals surface area contributed by atoms with E-state index in [-0.39, 0.29) is 0 Å². The molecule has 0 radical (unpaired) electrons. The fourth-order valence-corrected chi connectivity index (χ4v) is 3.56. The van der Waals surface area contributed by atoms with Gasteiger partial charge >= 0.3 is 12.0 Å². The molecule has 2 N–H and O–H groups in total. The average Bonchev–Trinajstić information content (AvgIpc) is 2.77. The van der Waals surface area contributed by atoms with Crippen LogP contribution in [0.1, 0.15) is 22.0 Å². The number of rotatable bonds is 6. The summed E-state index contributed by atoms with van der Waals surface area (Å²) in [5.41, 5.74) is -1.05. The second-order valence-electron chi connectivity index (χ2n) is 6.49. The third-order valence-electron chi connectivity index (χ3n) is 4.96. The number of ether oxygens (including phenoxy) is 3. The lowest BCUT2D eigenvalue weighted by Crippen LogP contribution is -2.71. The first-order chi connectivity index (χ1) is 14.0. The van der Waals surface area contributed by atoms with Crippen molar-refractivity contribution < 1.29 is 28.6 Å². The predicted octanol–water partition coefficient (Wildman–Crippen LogP) is 2.06. The molecule has 2 aromatic carbocycles. The van der Waals surface area contributed by atoms with Gasteiger partial charge in [-0.1, -0.05) is 42.5 Å². The smallest absolute Gasteiger partial charge is 0.360 e. The zero-order valence-electron chi connectivity index (χ0n) is 16.3. The summed E-state index contributed by atoms with van der Waals surface area (Å²) >= 11 is 0. The highest BCUT2D eigenvalue weighted by molar-refractivity contribution is 6.04. The highest BCUT2D eigenvalue weighted by Gasteiger charge is 2.59. The Morgan fingerprint density at radius 3 is 2.34 bits per heavy atom. The number of methoxy groups -OCH3 is 3. The summed E-state index contributed by atoms with van der Waals surface area (Å²) in [6.45, 7) is 0. The number of Topliss-reactive ketones (excluding diaryl/α,β-unsaturated/α-hetero) is 1. The van der Waals surface area contributed by atoms with Gasteiger partial charge < -0.3 is 19.5 Å². The highest BCUT2D eigenvalue weighted by atomic mass is 16.6. The Morgan fingerprint density at radius 2 is 1.72 bits per heavy atom. The summed E-state index contributed by atoms with van der Waals surface area (Å²) in [6.07, 6.45) is 0. The summed E-state index contributed by atoms with van der Waals surface area (Å²) in [4.78, 5) is 38.7. The number of amides is 2. The van der Waals surface area contributed by atoms with Gasteiger partial charge in [-0.3, -0.25) is 10.1 Å². The van der Waals surface area contributed by atoms with E-state index in [4.69, 9.17) is 14.2 Å². The molecule has 2 amide bonds. The molecule has 0 aromatic heterocycles. The van der Waals surface area contributed by atoms with Crippen LogP contribution in [-0.4, -0.2) is 44.8 Å². The maximum atomic E-state index is 13.5. The molecule has 0 bridgehead atoms. The fraction of sp³-hybridized carbons (Fsp3) is 0.286. The van der Waals surface area contributed by atoms with E-state index in [2.05, 4.69) is 10.6 Å². The van der Waals surface area contributed by atoms with E-state index in [1.165, 1.54) is 21.3 Å². The van der Waals surface area contributed by atoms with Crippen LogP contribution in [-0.2, 0) is 14.3 Å². The molecule has 0 aliphatic carbocycles. The van der Waals surface area contributed by atoms with Crippen molar-refractivity contribution in [1.29, 1.82) is 0 Å².